The smallest absolute Gasteiger partial charge is 0.0957 e. The Kier molecular flexibility index (Phi) is 3.32. The van der Waals surface area contributed by atoms with Crippen LogP contribution in [-0.2, 0) is 0 Å². The van der Waals surface area contributed by atoms with Crippen molar-refractivity contribution >= 4 is 5.84 Å². The molecule has 0 amide bonds. The monoisotopic (exact) mass is 155 g/mol. The van der Waals surface area contributed by atoms with E-state index in [1.54, 1.807) is 6.42 Å². The molecular weight excluding hydrogens is 140 g/mol. The maximum atomic E-state index is 6.99. The summed E-state index contributed by atoms with van der Waals surface area (Å²) >= 11 is 0. The van der Waals surface area contributed by atoms with Crippen molar-refractivity contribution in [3.8, 4) is 0 Å². The van der Waals surface area contributed by atoms with Gasteiger partial charge in [0.2, 0.25) is 0 Å². The van der Waals surface area contributed by atoms with Crippen LogP contribution in [0.4, 0.5) is 0 Å². The Morgan fingerprint density at radius 3 is 2.73 bits per heavy atom. The Morgan fingerprint density at radius 2 is 2.18 bits per heavy atom. The first-order valence-corrected chi connectivity index (χ1v) is 3.89. The molecule has 4 heteroatoms. The van der Waals surface area contributed by atoms with Gasteiger partial charge in [-0.05, 0) is 0 Å². The van der Waals surface area contributed by atoms with E-state index in [2.05, 4.69) is 10.2 Å². The predicted octanol–water partition coefficient (Wildman–Crippen LogP) is -0.968. The molecule has 4 nitrogen and oxygen atoms in total. The zero-order valence-electron chi connectivity index (χ0n) is 6.64. The average Bonchev–Trinajstić information content (AvgIpc) is 2.03. The fourth-order valence-corrected chi connectivity index (χ4v) is 1.12. The molecule has 0 spiro atoms. The Labute approximate surface area is 67.3 Å². The highest BCUT2D eigenvalue weighted by molar-refractivity contribution is 5.85. The molecule has 63 valence electrons. The minimum atomic E-state index is 0.170. The second-order valence-electron chi connectivity index (χ2n) is 2.71. The Hall–Kier alpha value is -0.610. The quantitative estimate of drug-likeness (QED) is 0.363. The predicted molar refractivity (Wildman–Crippen MR) is 45.5 cm³/mol. The number of nitrogens with two attached hydrogens (primary N) is 1. The summed E-state index contributed by atoms with van der Waals surface area (Å²) in [5.74, 6) is 0.170. The molecule has 0 aromatic rings. The molecule has 1 radical (unpaired) electrons. The third-order valence-electron chi connectivity index (χ3n) is 1.78. The van der Waals surface area contributed by atoms with Crippen molar-refractivity contribution in [2.45, 2.75) is 0 Å². The van der Waals surface area contributed by atoms with E-state index in [0.29, 0.717) is 0 Å². The molecule has 4 N–H and O–H groups in total. The van der Waals surface area contributed by atoms with Crippen LogP contribution in [0.1, 0.15) is 0 Å². The molecule has 0 saturated carbocycles. The second-order valence-corrected chi connectivity index (χ2v) is 2.71. The lowest BCUT2D eigenvalue weighted by Crippen LogP contribution is -2.44. The van der Waals surface area contributed by atoms with Gasteiger partial charge < -0.3 is 16.0 Å². The first kappa shape index (κ1) is 8.49. The van der Waals surface area contributed by atoms with Gasteiger partial charge in [0.05, 0.1) is 5.84 Å². The SMILES string of the molecule is N=C(N)[CH]CN1CCNCC1. The first-order chi connectivity index (χ1) is 5.29. The molecular formula is C7H15N4. The highest BCUT2D eigenvalue weighted by atomic mass is 15.2. The van der Waals surface area contributed by atoms with E-state index in [1.165, 1.54) is 0 Å². The second kappa shape index (κ2) is 4.31. The van der Waals surface area contributed by atoms with Gasteiger partial charge in [0.1, 0.15) is 0 Å². The number of nitrogens with one attached hydrogen (secondary N) is 2. The van der Waals surface area contributed by atoms with Crippen molar-refractivity contribution in [3.63, 3.8) is 0 Å². The van der Waals surface area contributed by atoms with Crippen LogP contribution in [0.25, 0.3) is 0 Å². The standard InChI is InChI=1S/C7H15N4/c8-7(9)1-4-11-5-2-10-3-6-11/h1,10H,2-6H2,(H3,8,9). The summed E-state index contributed by atoms with van der Waals surface area (Å²) in [6.07, 6.45) is 1.74. The molecule has 0 atom stereocenters. The molecule has 0 unspecified atom stereocenters. The molecule has 0 bridgehead atoms. The largest absolute Gasteiger partial charge is 0.387 e. The molecule has 1 fully saturated rings. The van der Waals surface area contributed by atoms with Crippen LogP contribution < -0.4 is 11.1 Å². The molecule has 11 heavy (non-hydrogen) atoms. The van der Waals surface area contributed by atoms with Gasteiger partial charge in [-0.1, -0.05) is 0 Å². The van der Waals surface area contributed by atoms with E-state index < -0.39 is 0 Å². The van der Waals surface area contributed by atoms with E-state index in [0.717, 1.165) is 32.7 Å². The lowest BCUT2D eigenvalue weighted by atomic mass is 10.3. The van der Waals surface area contributed by atoms with Gasteiger partial charge in [-0.15, -0.1) is 0 Å². The minimum Gasteiger partial charge on any atom is -0.387 e. The number of rotatable bonds is 3. The molecule has 1 aliphatic rings. The Balaban J connectivity index is 2.09. The van der Waals surface area contributed by atoms with Crippen molar-refractivity contribution in [3.05, 3.63) is 6.42 Å². The fraction of sp³-hybridized carbons (Fsp3) is 0.714. The van der Waals surface area contributed by atoms with Crippen molar-refractivity contribution in [1.82, 2.24) is 10.2 Å². The third-order valence-corrected chi connectivity index (χ3v) is 1.78. The van der Waals surface area contributed by atoms with Gasteiger partial charge in [0.15, 0.2) is 0 Å². The van der Waals surface area contributed by atoms with Gasteiger partial charge in [-0.2, -0.15) is 0 Å². The van der Waals surface area contributed by atoms with Gasteiger partial charge in [-0.3, -0.25) is 5.41 Å². The maximum absolute atomic E-state index is 6.99. The van der Waals surface area contributed by atoms with Crippen molar-refractivity contribution in [2.24, 2.45) is 5.73 Å². The molecule has 0 aromatic carbocycles. The third kappa shape index (κ3) is 3.34. The van der Waals surface area contributed by atoms with Crippen molar-refractivity contribution in [1.29, 1.82) is 5.41 Å². The molecule has 1 aliphatic heterocycles. The van der Waals surface area contributed by atoms with Gasteiger partial charge in [0.25, 0.3) is 0 Å². The van der Waals surface area contributed by atoms with Crippen molar-refractivity contribution < 1.29 is 0 Å². The number of hydrogen-bond acceptors (Lipinski definition) is 3. The highest BCUT2D eigenvalue weighted by Crippen LogP contribution is 1.92. The summed E-state index contributed by atoms with van der Waals surface area (Å²) in [4.78, 5) is 2.28. The van der Waals surface area contributed by atoms with Gasteiger partial charge in [-0.25, -0.2) is 0 Å². The first-order valence-electron chi connectivity index (χ1n) is 3.89. The Bertz CT molecular complexity index is 128. The molecule has 0 aromatic heterocycles. The summed E-state index contributed by atoms with van der Waals surface area (Å²) in [6.45, 7) is 5.03. The lowest BCUT2D eigenvalue weighted by molar-refractivity contribution is 0.261. The zero-order chi connectivity index (χ0) is 8.10. The summed E-state index contributed by atoms with van der Waals surface area (Å²) in [7, 11) is 0. The van der Waals surface area contributed by atoms with Crippen LogP contribution in [0.15, 0.2) is 0 Å². The molecule has 0 aliphatic carbocycles. The van der Waals surface area contributed by atoms with Crippen LogP contribution in [0, 0.1) is 11.8 Å². The van der Waals surface area contributed by atoms with Crippen LogP contribution in [0.3, 0.4) is 0 Å². The fourth-order valence-electron chi connectivity index (χ4n) is 1.12. The van der Waals surface area contributed by atoms with E-state index in [1.807, 2.05) is 0 Å². The summed E-state index contributed by atoms with van der Waals surface area (Å²) < 4.78 is 0. The van der Waals surface area contributed by atoms with Crippen LogP contribution >= 0.6 is 0 Å². The summed E-state index contributed by atoms with van der Waals surface area (Å²) in [5.41, 5.74) is 5.20. The van der Waals surface area contributed by atoms with Gasteiger partial charge in [0, 0.05) is 39.1 Å². The van der Waals surface area contributed by atoms with E-state index >= 15 is 0 Å². The number of nitrogens with zero attached hydrogens (tertiary/aromatic N) is 1. The zero-order valence-corrected chi connectivity index (χ0v) is 6.64. The Morgan fingerprint density at radius 1 is 1.55 bits per heavy atom. The highest BCUT2D eigenvalue weighted by Gasteiger charge is 2.08. The molecule has 1 saturated heterocycles. The summed E-state index contributed by atoms with van der Waals surface area (Å²) in [6, 6.07) is 0. The van der Waals surface area contributed by atoms with Crippen LogP contribution in [-0.4, -0.2) is 43.5 Å². The van der Waals surface area contributed by atoms with E-state index in [4.69, 9.17) is 11.1 Å². The summed E-state index contributed by atoms with van der Waals surface area (Å²) in [5, 5.41) is 10.3. The normalized spacial score (nSPS) is 20.0. The van der Waals surface area contributed by atoms with Crippen molar-refractivity contribution in [2.75, 3.05) is 32.7 Å². The number of amidine groups is 1. The molecule has 1 heterocycles. The topological polar surface area (TPSA) is 65.1 Å². The minimum absolute atomic E-state index is 0.170. The number of hydrogen-bond donors (Lipinski definition) is 3. The average molecular weight is 155 g/mol. The molecule has 1 rings (SSSR count). The number of piperazine rings is 1. The van der Waals surface area contributed by atoms with Gasteiger partial charge >= 0.3 is 0 Å². The van der Waals surface area contributed by atoms with E-state index in [-0.39, 0.29) is 5.84 Å². The van der Waals surface area contributed by atoms with Crippen LogP contribution in [0.2, 0.25) is 0 Å². The maximum Gasteiger partial charge on any atom is 0.0957 e. The lowest BCUT2D eigenvalue weighted by Gasteiger charge is -2.26. The van der Waals surface area contributed by atoms with Crippen LogP contribution in [0.5, 0.6) is 0 Å². The van der Waals surface area contributed by atoms with E-state index in [9.17, 15) is 0 Å².